The van der Waals surface area contributed by atoms with Gasteiger partial charge in [0.25, 0.3) is 0 Å². The van der Waals surface area contributed by atoms with Crippen molar-refractivity contribution >= 4 is 33.0 Å². The average Bonchev–Trinajstić information content (AvgIpc) is 3.21. The van der Waals surface area contributed by atoms with Gasteiger partial charge < -0.3 is 0 Å². The van der Waals surface area contributed by atoms with Crippen LogP contribution >= 0.6 is 11.3 Å². The van der Waals surface area contributed by atoms with E-state index in [0.29, 0.717) is 0 Å². The van der Waals surface area contributed by atoms with Crippen molar-refractivity contribution in [2.75, 3.05) is 5.43 Å². The molecule has 116 valence electrons. The molecule has 1 aromatic heterocycles. The van der Waals surface area contributed by atoms with Gasteiger partial charge in [0.15, 0.2) is 0 Å². The number of nitrogens with one attached hydrogen (secondary N) is 1. The Hall–Kier alpha value is -2.20. The van der Waals surface area contributed by atoms with Crippen molar-refractivity contribution in [2.24, 2.45) is 11.0 Å². The SMILES string of the molecule is CC1CC/C(=N/Nc2nc(-c3ccc4ccccc4c3)cs2)C1. The first-order valence-electron chi connectivity index (χ1n) is 8.04. The van der Waals surface area contributed by atoms with E-state index < -0.39 is 0 Å². The lowest BCUT2D eigenvalue weighted by molar-refractivity contribution is 0.623. The third-order valence-electron chi connectivity index (χ3n) is 4.37. The number of fused-ring (bicyclic) bond motifs is 1. The molecule has 1 fully saturated rings. The monoisotopic (exact) mass is 321 g/mol. The zero-order valence-electron chi connectivity index (χ0n) is 13.1. The van der Waals surface area contributed by atoms with Gasteiger partial charge in [0.1, 0.15) is 0 Å². The second-order valence-electron chi connectivity index (χ2n) is 6.24. The van der Waals surface area contributed by atoms with E-state index in [1.54, 1.807) is 11.3 Å². The summed E-state index contributed by atoms with van der Waals surface area (Å²) < 4.78 is 0. The molecule has 3 aromatic rings. The van der Waals surface area contributed by atoms with Crippen molar-refractivity contribution in [3.8, 4) is 11.3 Å². The second-order valence-corrected chi connectivity index (χ2v) is 7.10. The minimum atomic E-state index is 0.764. The zero-order chi connectivity index (χ0) is 15.6. The molecule has 1 heterocycles. The second kappa shape index (κ2) is 6.13. The molecule has 3 nitrogen and oxygen atoms in total. The van der Waals surface area contributed by atoms with Crippen molar-refractivity contribution in [1.82, 2.24) is 4.98 Å². The van der Waals surface area contributed by atoms with Gasteiger partial charge in [-0.05, 0) is 42.0 Å². The third kappa shape index (κ3) is 3.13. The fourth-order valence-electron chi connectivity index (χ4n) is 3.05. The van der Waals surface area contributed by atoms with Gasteiger partial charge in [0, 0.05) is 16.7 Å². The van der Waals surface area contributed by atoms with Crippen molar-refractivity contribution in [2.45, 2.75) is 26.2 Å². The number of hydrogen-bond acceptors (Lipinski definition) is 4. The van der Waals surface area contributed by atoms with Crippen LogP contribution in [0.15, 0.2) is 52.9 Å². The van der Waals surface area contributed by atoms with Gasteiger partial charge in [-0.3, -0.25) is 5.43 Å². The van der Waals surface area contributed by atoms with E-state index >= 15 is 0 Å². The maximum absolute atomic E-state index is 4.67. The Morgan fingerprint density at radius 3 is 2.87 bits per heavy atom. The maximum Gasteiger partial charge on any atom is 0.203 e. The van der Waals surface area contributed by atoms with Crippen LogP contribution in [-0.2, 0) is 0 Å². The summed E-state index contributed by atoms with van der Waals surface area (Å²) in [5.74, 6) is 0.764. The molecule has 1 aliphatic carbocycles. The fraction of sp³-hybridized carbons (Fsp3) is 0.263. The largest absolute Gasteiger partial charge is 0.253 e. The van der Waals surface area contributed by atoms with Gasteiger partial charge in [-0.1, -0.05) is 43.3 Å². The number of anilines is 1. The summed E-state index contributed by atoms with van der Waals surface area (Å²) in [5, 5.41) is 9.96. The lowest BCUT2D eigenvalue weighted by Crippen LogP contribution is -1.97. The maximum atomic E-state index is 4.67. The molecule has 1 saturated carbocycles. The molecular weight excluding hydrogens is 302 g/mol. The Morgan fingerprint density at radius 1 is 1.17 bits per heavy atom. The Bertz CT molecular complexity index is 866. The first kappa shape index (κ1) is 14.4. The number of hydrogen-bond donors (Lipinski definition) is 1. The van der Waals surface area contributed by atoms with Crippen LogP contribution in [0.3, 0.4) is 0 Å². The first-order chi connectivity index (χ1) is 11.3. The van der Waals surface area contributed by atoms with E-state index in [4.69, 9.17) is 0 Å². The Kier molecular flexibility index (Phi) is 3.83. The zero-order valence-corrected chi connectivity index (χ0v) is 13.9. The number of aromatic nitrogens is 1. The molecular formula is C19H19N3S. The minimum absolute atomic E-state index is 0.764. The molecule has 1 N–H and O–H groups in total. The molecule has 0 saturated heterocycles. The van der Waals surface area contributed by atoms with Gasteiger partial charge in [0.05, 0.1) is 5.69 Å². The Balaban J connectivity index is 1.54. The van der Waals surface area contributed by atoms with Gasteiger partial charge in [0.2, 0.25) is 5.13 Å². The Morgan fingerprint density at radius 2 is 2.04 bits per heavy atom. The molecule has 1 aliphatic rings. The average molecular weight is 321 g/mol. The summed E-state index contributed by atoms with van der Waals surface area (Å²) in [4.78, 5) is 4.67. The molecule has 1 unspecified atom stereocenters. The van der Waals surface area contributed by atoms with E-state index in [1.165, 1.54) is 22.9 Å². The predicted molar refractivity (Wildman–Crippen MR) is 99.1 cm³/mol. The number of nitrogens with zero attached hydrogens (tertiary/aromatic N) is 2. The summed E-state index contributed by atoms with van der Waals surface area (Å²) in [6.45, 7) is 2.28. The van der Waals surface area contributed by atoms with Crippen LogP contribution in [-0.4, -0.2) is 10.7 Å². The molecule has 4 heteroatoms. The standard InChI is InChI=1S/C19H19N3S/c1-13-6-9-17(10-13)21-22-19-20-18(12-23-19)16-8-7-14-4-2-3-5-15(14)11-16/h2-5,7-8,11-13H,6,9-10H2,1H3,(H,20,22)/b21-17-. The van der Waals surface area contributed by atoms with Crippen LogP contribution in [0.1, 0.15) is 26.2 Å². The van der Waals surface area contributed by atoms with Crippen molar-refractivity contribution in [3.05, 3.63) is 47.8 Å². The van der Waals surface area contributed by atoms with Gasteiger partial charge >= 0.3 is 0 Å². The topological polar surface area (TPSA) is 37.3 Å². The van der Waals surface area contributed by atoms with Crippen LogP contribution in [0.4, 0.5) is 5.13 Å². The smallest absolute Gasteiger partial charge is 0.203 e. The highest BCUT2D eigenvalue weighted by Gasteiger charge is 2.16. The van der Waals surface area contributed by atoms with E-state index in [-0.39, 0.29) is 0 Å². The normalized spacial score (nSPS) is 19.5. The highest BCUT2D eigenvalue weighted by atomic mass is 32.1. The predicted octanol–water partition coefficient (Wildman–Crippen LogP) is 5.55. The van der Waals surface area contributed by atoms with Crippen LogP contribution in [0, 0.1) is 5.92 Å². The highest BCUT2D eigenvalue weighted by Crippen LogP contribution is 2.28. The molecule has 0 bridgehead atoms. The lowest BCUT2D eigenvalue weighted by Gasteiger charge is -2.01. The van der Waals surface area contributed by atoms with Crippen molar-refractivity contribution in [3.63, 3.8) is 0 Å². The van der Waals surface area contributed by atoms with E-state index in [1.807, 2.05) is 0 Å². The number of hydrazone groups is 1. The molecule has 0 radical (unpaired) electrons. The lowest BCUT2D eigenvalue weighted by atomic mass is 10.1. The molecule has 4 rings (SSSR count). The van der Waals surface area contributed by atoms with Gasteiger partial charge in [-0.2, -0.15) is 5.10 Å². The summed E-state index contributed by atoms with van der Waals surface area (Å²) >= 11 is 1.60. The van der Waals surface area contributed by atoms with Gasteiger partial charge in [-0.15, -0.1) is 11.3 Å². The number of benzene rings is 2. The van der Waals surface area contributed by atoms with E-state index in [2.05, 4.69) is 70.3 Å². The van der Waals surface area contributed by atoms with Crippen molar-refractivity contribution < 1.29 is 0 Å². The summed E-state index contributed by atoms with van der Waals surface area (Å²) in [6.07, 6.45) is 3.47. The van der Waals surface area contributed by atoms with Crippen LogP contribution in [0.25, 0.3) is 22.0 Å². The highest BCUT2D eigenvalue weighted by molar-refractivity contribution is 7.14. The van der Waals surface area contributed by atoms with Crippen LogP contribution in [0.5, 0.6) is 0 Å². The van der Waals surface area contributed by atoms with Gasteiger partial charge in [-0.25, -0.2) is 4.98 Å². The Labute approximate surface area is 140 Å². The van der Waals surface area contributed by atoms with Crippen molar-refractivity contribution in [1.29, 1.82) is 0 Å². The van der Waals surface area contributed by atoms with E-state index in [0.717, 1.165) is 35.1 Å². The summed E-state index contributed by atoms with van der Waals surface area (Å²) in [5.41, 5.74) is 6.54. The molecule has 0 aliphatic heterocycles. The quantitative estimate of drug-likeness (QED) is 0.642. The molecule has 1 atom stereocenters. The number of thiazole rings is 1. The van der Waals surface area contributed by atoms with E-state index in [9.17, 15) is 0 Å². The first-order valence-corrected chi connectivity index (χ1v) is 8.92. The minimum Gasteiger partial charge on any atom is -0.253 e. The number of rotatable bonds is 3. The fourth-order valence-corrected chi connectivity index (χ4v) is 3.72. The molecule has 0 amide bonds. The van der Waals surface area contributed by atoms with Crippen LogP contribution in [0.2, 0.25) is 0 Å². The summed E-state index contributed by atoms with van der Waals surface area (Å²) in [7, 11) is 0. The molecule has 2 aromatic carbocycles. The summed E-state index contributed by atoms with van der Waals surface area (Å²) in [6, 6.07) is 14.9. The third-order valence-corrected chi connectivity index (χ3v) is 5.12. The molecule has 0 spiro atoms. The molecule has 23 heavy (non-hydrogen) atoms. The van der Waals surface area contributed by atoms with Crippen LogP contribution < -0.4 is 5.43 Å².